The first kappa shape index (κ1) is 12.2. The maximum absolute atomic E-state index is 10.1. The Morgan fingerprint density at radius 2 is 2.20 bits per heavy atom. The summed E-state index contributed by atoms with van der Waals surface area (Å²) in [6, 6.07) is 0. The molecule has 0 aromatic carbocycles. The highest BCUT2D eigenvalue weighted by atomic mass is 16.5. The van der Waals surface area contributed by atoms with Crippen molar-refractivity contribution >= 4 is 0 Å². The molecule has 0 radical (unpaired) electrons. The number of rotatable bonds is 5. The van der Waals surface area contributed by atoms with Crippen molar-refractivity contribution in [3.05, 3.63) is 18.2 Å². The van der Waals surface area contributed by atoms with Crippen LogP contribution in [-0.4, -0.2) is 27.4 Å². The Morgan fingerprint density at radius 1 is 1.53 bits per heavy atom. The number of aliphatic hydroxyl groups is 1. The van der Waals surface area contributed by atoms with Gasteiger partial charge < -0.3 is 14.4 Å². The Morgan fingerprint density at radius 3 is 2.60 bits per heavy atom. The van der Waals surface area contributed by atoms with Gasteiger partial charge in [-0.05, 0) is 12.8 Å². The van der Waals surface area contributed by atoms with Crippen LogP contribution in [0.1, 0.15) is 32.7 Å². The van der Waals surface area contributed by atoms with Gasteiger partial charge in [0.15, 0.2) is 0 Å². The molecule has 4 nitrogen and oxygen atoms in total. The predicted molar refractivity (Wildman–Crippen MR) is 58.4 cm³/mol. The first-order chi connectivity index (χ1) is 7.07. The van der Waals surface area contributed by atoms with Crippen LogP contribution in [0.3, 0.4) is 0 Å². The molecule has 1 aromatic rings. The van der Waals surface area contributed by atoms with Gasteiger partial charge in [0, 0.05) is 26.0 Å². The maximum Gasteiger partial charge on any atom is 0.140 e. The maximum atomic E-state index is 10.1. The number of hydrogen-bond donors (Lipinski definition) is 1. The molecular weight excluding hydrogens is 192 g/mol. The number of aromatic nitrogens is 2. The number of aliphatic hydroxyl groups excluding tert-OH is 1. The molecule has 86 valence electrons. The lowest BCUT2D eigenvalue weighted by Gasteiger charge is -2.25. The lowest BCUT2D eigenvalue weighted by atomic mass is 10.0. The van der Waals surface area contributed by atoms with E-state index in [1.807, 2.05) is 38.6 Å². The van der Waals surface area contributed by atoms with Crippen LogP contribution in [0.15, 0.2) is 12.4 Å². The van der Waals surface area contributed by atoms with Gasteiger partial charge in [-0.25, -0.2) is 4.98 Å². The summed E-state index contributed by atoms with van der Waals surface area (Å²) in [5.74, 6) is 0.916. The van der Waals surface area contributed by atoms with Gasteiger partial charge in [0.25, 0.3) is 0 Å². The smallest absolute Gasteiger partial charge is 0.140 e. The zero-order chi connectivity index (χ0) is 11.4. The minimum absolute atomic E-state index is 0.198. The average molecular weight is 212 g/mol. The first-order valence-electron chi connectivity index (χ1n) is 5.34. The van der Waals surface area contributed by atoms with Crippen molar-refractivity contribution in [3.8, 4) is 0 Å². The number of aryl methyl sites for hydroxylation is 1. The standard InChI is InChI=1S/C11H20N2O2/c1-5-15-10(8(2)3)9(14)11-12-6-7-13(11)4/h6-10,14H,5H2,1-4H3. The van der Waals surface area contributed by atoms with Crippen LogP contribution in [-0.2, 0) is 11.8 Å². The van der Waals surface area contributed by atoms with Gasteiger partial charge in [0.2, 0.25) is 0 Å². The van der Waals surface area contributed by atoms with Crippen LogP contribution in [0.2, 0.25) is 0 Å². The highest BCUT2D eigenvalue weighted by Gasteiger charge is 2.27. The molecule has 0 spiro atoms. The van der Waals surface area contributed by atoms with E-state index in [4.69, 9.17) is 4.74 Å². The SMILES string of the molecule is CCOC(C(C)C)C(O)c1nccn1C. The first-order valence-corrected chi connectivity index (χ1v) is 5.34. The molecule has 1 heterocycles. The predicted octanol–water partition coefficient (Wildman–Crippen LogP) is 1.51. The Kier molecular flexibility index (Phi) is 4.29. The van der Waals surface area contributed by atoms with Crippen LogP contribution in [0.25, 0.3) is 0 Å². The van der Waals surface area contributed by atoms with Gasteiger partial charge in [0.05, 0.1) is 6.10 Å². The summed E-state index contributed by atoms with van der Waals surface area (Å²) in [7, 11) is 1.87. The van der Waals surface area contributed by atoms with Crippen LogP contribution >= 0.6 is 0 Å². The van der Waals surface area contributed by atoms with E-state index < -0.39 is 6.10 Å². The third kappa shape index (κ3) is 2.79. The molecule has 1 N–H and O–H groups in total. The lowest BCUT2D eigenvalue weighted by molar-refractivity contribution is -0.0628. The summed E-state index contributed by atoms with van der Waals surface area (Å²) in [5, 5.41) is 10.1. The molecule has 0 aliphatic carbocycles. The number of imidazole rings is 1. The molecular formula is C11H20N2O2. The fourth-order valence-electron chi connectivity index (χ4n) is 1.65. The van der Waals surface area contributed by atoms with E-state index in [0.717, 1.165) is 0 Å². The van der Waals surface area contributed by atoms with E-state index in [0.29, 0.717) is 12.4 Å². The second-order valence-electron chi connectivity index (χ2n) is 4.01. The molecule has 15 heavy (non-hydrogen) atoms. The molecule has 1 aromatic heterocycles. The van der Waals surface area contributed by atoms with Crippen molar-refractivity contribution in [2.75, 3.05) is 6.61 Å². The monoisotopic (exact) mass is 212 g/mol. The molecule has 0 fully saturated rings. The van der Waals surface area contributed by atoms with Crippen molar-refractivity contribution in [2.45, 2.75) is 33.0 Å². The third-order valence-corrected chi connectivity index (χ3v) is 2.45. The third-order valence-electron chi connectivity index (χ3n) is 2.45. The number of nitrogens with zero attached hydrogens (tertiary/aromatic N) is 2. The summed E-state index contributed by atoms with van der Waals surface area (Å²) < 4.78 is 7.36. The Balaban J connectivity index is 2.80. The molecule has 0 saturated heterocycles. The lowest BCUT2D eigenvalue weighted by Crippen LogP contribution is -2.29. The van der Waals surface area contributed by atoms with Gasteiger partial charge >= 0.3 is 0 Å². The molecule has 0 aliphatic rings. The number of ether oxygens (including phenoxy) is 1. The zero-order valence-electron chi connectivity index (χ0n) is 9.84. The van der Waals surface area contributed by atoms with Crippen molar-refractivity contribution in [3.63, 3.8) is 0 Å². The zero-order valence-corrected chi connectivity index (χ0v) is 9.84. The molecule has 0 saturated carbocycles. The highest BCUT2D eigenvalue weighted by Crippen LogP contribution is 2.22. The van der Waals surface area contributed by atoms with E-state index in [1.54, 1.807) is 6.20 Å². The summed E-state index contributed by atoms with van der Waals surface area (Å²) in [5.41, 5.74) is 0. The largest absolute Gasteiger partial charge is 0.382 e. The molecule has 0 bridgehead atoms. The Hall–Kier alpha value is -0.870. The Labute approximate surface area is 90.9 Å². The van der Waals surface area contributed by atoms with E-state index in [1.165, 1.54) is 0 Å². The number of hydrogen-bond acceptors (Lipinski definition) is 3. The topological polar surface area (TPSA) is 47.3 Å². The second kappa shape index (κ2) is 5.28. The molecule has 1 rings (SSSR count). The summed E-state index contributed by atoms with van der Waals surface area (Å²) in [6.45, 7) is 6.60. The van der Waals surface area contributed by atoms with E-state index >= 15 is 0 Å². The minimum Gasteiger partial charge on any atom is -0.382 e. The van der Waals surface area contributed by atoms with Gasteiger partial charge in [-0.15, -0.1) is 0 Å². The van der Waals surface area contributed by atoms with Gasteiger partial charge in [-0.3, -0.25) is 0 Å². The fourth-order valence-corrected chi connectivity index (χ4v) is 1.65. The summed E-state index contributed by atoms with van der Waals surface area (Å²) in [6.07, 6.45) is 2.64. The molecule has 0 aliphatic heterocycles. The summed E-state index contributed by atoms with van der Waals surface area (Å²) >= 11 is 0. The van der Waals surface area contributed by atoms with Gasteiger partial charge in [-0.2, -0.15) is 0 Å². The van der Waals surface area contributed by atoms with E-state index in [-0.39, 0.29) is 12.0 Å². The van der Waals surface area contributed by atoms with Gasteiger partial charge in [0.1, 0.15) is 11.9 Å². The van der Waals surface area contributed by atoms with Crippen LogP contribution < -0.4 is 0 Å². The van der Waals surface area contributed by atoms with E-state index in [2.05, 4.69) is 4.98 Å². The molecule has 0 amide bonds. The summed E-state index contributed by atoms with van der Waals surface area (Å²) in [4.78, 5) is 4.13. The van der Waals surface area contributed by atoms with Crippen LogP contribution in [0, 0.1) is 5.92 Å². The highest BCUT2D eigenvalue weighted by molar-refractivity contribution is 4.98. The minimum atomic E-state index is -0.662. The van der Waals surface area contributed by atoms with Gasteiger partial charge in [-0.1, -0.05) is 13.8 Å². The van der Waals surface area contributed by atoms with Crippen molar-refractivity contribution in [2.24, 2.45) is 13.0 Å². The van der Waals surface area contributed by atoms with Crippen LogP contribution in [0.5, 0.6) is 0 Å². The van der Waals surface area contributed by atoms with Crippen molar-refractivity contribution in [1.82, 2.24) is 9.55 Å². The van der Waals surface area contributed by atoms with Crippen molar-refractivity contribution in [1.29, 1.82) is 0 Å². The van der Waals surface area contributed by atoms with E-state index in [9.17, 15) is 5.11 Å². The fraction of sp³-hybridized carbons (Fsp3) is 0.727. The van der Waals surface area contributed by atoms with Crippen molar-refractivity contribution < 1.29 is 9.84 Å². The molecule has 2 atom stereocenters. The van der Waals surface area contributed by atoms with Crippen LogP contribution in [0.4, 0.5) is 0 Å². The normalized spacial score (nSPS) is 15.6. The quantitative estimate of drug-likeness (QED) is 0.805. The molecule has 4 heteroatoms. The molecule has 2 unspecified atom stereocenters. The average Bonchev–Trinajstić information content (AvgIpc) is 2.59. The second-order valence-corrected chi connectivity index (χ2v) is 4.01. The Bertz CT molecular complexity index is 297.